The van der Waals surface area contributed by atoms with E-state index in [1.807, 2.05) is 0 Å². The van der Waals surface area contributed by atoms with Gasteiger partial charge in [0.15, 0.2) is 0 Å². The average molecular weight is 201 g/mol. The Bertz CT molecular complexity index is 123. The molecule has 1 nitrogen and oxygen atoms in total. The standard InChI is InChI=1S/C11H21OS/c1-2-3-4-5-6-8-11(12)9-7-10-13/h9,13H,2-8,10H2,1H3. The lowest BCUT2D eigenvalue weighted by molar-refractivity contribution is -0.116. The maximum Gasteiger partial charge on any atom is 0.136 e. The average Bonchev–Trinajstić information content (AvgIpc) is 2.14. The van der Waals surface area contributed by atoms with Crippen molar-refractivity contribution in [3.05, 3.63) is 6.42 Å². The Hall–Kier alpha value is 0.0200. The minimum absolute atomic E-state index is 0.297. The van der Waals surface area contributed by atoms with E-state index in [1.54, 1.807) is 6.42 Å². The molecule has 0 heterocycles. The summed E-state index contributed by atoms with van der Waals surface area (Å²) in [6.45, 7) is 2.20. The molecule has 0 aliphatic carbocycles. The molecule has 0 aromatic rings. The van der Waals surface area contributed by atoms with Gasteiger partial charge in [0, 0.05) is 12.8 Å². The predicted octanol–water partition coefficient (Wildman–Crippen LogP) is 3.44. The van der Waals surface area contributed by atoms with Crippen molar-refractivity contribution in [2.75, 3.05) is 5.75 Å². The van der Waals surface area contributed by atoms with Crippen LogP contribution in [0, 0.1) is 6.42 Å². The van der Waals surface area contributed by atoms with Gasteiger partial charge in [0.2, 0.25) is 0 Å². The maximum atomic E-state index is 11.1. The van der Waals surface area contributed by atoms with Crippen molar-refractivity contribution < 1.29 is 4.79 Å². The van der Waals surface area contributed by atoms with Crippen molar-refractivity contribution >= 4 is 18.4 Å². The lowest BCUT2D eigenvalue weighted by atomic mass is 10.1. The number of Topliss-reactive ketones (excluding diaryl/α,β-unsaturated/α-hetero) is 1. The predicted molar refractivity (Wildman–Crippen MR) is 61.2 cm³/mol. The summed E-state index contributed by atoms with van der Waals surface area (Å²) in [7, 11) is 0. The Morgan fingerprint density at radius 1 is 1.23 bits per heavy atom. The second-order valence-electron chi connectivity index (χ2n) is 3.35. The van der Waals surface area contributed by atoms with Gasteiger partial charge in [0.1, 0.15) is 5.78 Å². The van der Waals surface area contributed by atoms with Gasteiger partial charge in [-0.25, -0.2) is 0 Å². The fourth-order valence-electron chi connectivity index (χ4n) is 1.23. The molecule has 0 amide bonds. The first-order chi connectivity index (χ1) is 6.31. The topological polar surface area (TPSA) is 17.1 Å². The number of thiol groups is 1. The molecule has 0 aliphatic rings. The number of hydrogen-bond donors (Lipinski definition) is 1. The van der Waals surface area contributed by atoms with E-state index in [1.165, 1.54) is 25.7 Å². The normalized spacial score (nSPS) is 10.3. The SMILES string of the molecule is CCCCCCCC(=O)[CH]CCS. The van der Waals surface area contributed by atoms with E-state index in [9.17, 15) is 4.79 Å². The van der Waals surface area contributed by atoms with Crippen LogP contribution in [0.2, 0.25) is 0 Å². The molecule has 0 fully saturated rings. The van der Waals surface area contributed by atoms with Crippen molar-refractivity contribution in [2.45, 2.75) is 51.9 Å². The molecule has 2 heteroatoms. The number of carbonyl (C=O) groups is 1. The molecule has 0 spiro atoms. The fourth-order valence-corrected chi connectivity index (χ4v) is 1.36. The molecule has 0 aromatic carbocycles. The molecule has 0 atom stereocenters. The molecule has 13 heavy (non-hydrogen) atoms. The molecule has 0 aromatic heterocycles. The van der Waals surface area contributed by atoms with Gasteiger partial charge in [0.25, 0.3) is 0 Å². The van der Waals surface area contributed by atoms with Crippen LogP contribution in [0.1, 0.15) is 51.9 Å². The highest BCUT2D eigenvalue weighted by molar-refractivity contribution is 7.80. The first kappa shape index (κ1) is 13.0. The molecule has 0 aliphatic heterocycles. The molecule has 1 radical (unpaired) electrons. The third kappa shape index (κ3) is 9.94. The van der Waals surface area contributed by atoms with Crippen molar-refractivity contribution in [1.82, 2.24) is 0 Å². The second kappa shape index (κ2) is 10.1. The van der Waals surface area contributed by atoms with E-state index in [4.69, 9.17) is 0 Å². The van der Waals surface area contributed by atoms with E-state index in [2.05, 4.69) is 19.6 Å². The zero-order chi connectivity index (χ0) is 9.94. The molecular weight excluding hydrogens is 180 g/mol. The first-order valence-corrected chi connectivity index (χ1v) is 5.91. The summed E-state index contributed by atoms with van der Waals surface area (Å²) >= 11 is 4.05. The van der Waals surface area contributed by atoms with Crippen LogP contribution in [-0.4, -0.2) is 11.5 Å². The Kier molecular flexibility index (Phi) is 10.1. The molecule has 0 saturated heterocycles. The number of carbonyl (C=O) groups excluding carboxylic acids is 1. The van der Waals surface area contributed by atoms with Crippen molar-refractivity contribution in [1.29, 1.82) is 0 Å². The third-order valence-electron chi connectivity index (χ3n) is 2.03. The van der Waals surface area contributed by atoms with Crippen LogP contribution >= 0.6 is 12.6 Å². The molecule has 77 valence electrons. The zero-order valence-electron chi connectivity index (χ0n) is 8.59. The zero-order valence-corrected chi connectivity index (χ0v) is 9.48. The summed E-state index contributed by atoms with van der Waals surface area (Å²) in [5.74, 6) is 1.08. The van der Waals surface area contributed by atoms with E-state index >= 15 is 0 Å². The molecule has 0 unspecified atom stereocenters. The lowest BCUT2D eigenvalue weighted by Crippen LogP contribution is -1.98. The summed E-state index contributed by atoms with van der Waals surface area (Å²) in [5, 5.41) is 0. The van der Waals surface area contributed by atoms with E-state index < -0.39 is 0 Å². The second-order valence-corrected chi connectivity index (χ2v) is 3.79. The Morgan fingerprint density at radius 3 is 2.54 bits per heavy atom. The Morgan fingerprint density at radius 2 is 1.92 bits per heavy atom. The number of hydrogen-bond acceptors (Lipinski definition) is 2. The van der Waals surface area contributed by atoms with Crippen molar-refractivity contribution in [3.8, 4) is 0 Å². The van der Waals surface area contributed by atoms with Gasteiger partial charge in [-0.05, 0) is 18.6 Å². The Balaban J connectivity index is 3.08. The van der Waals surface area contributed by atoms with Crippen LogP contribution in [0.15, 0.2) is 0 Å². The van der Waals surface area contributed by atoms with Crippen molar-refractivity contribution in [2.24, 2.45) is 0 Å². The number of rotatable bonds is 9. The first-order valence-electron chi connectivity index (χ1n) is 5.28. The van der Waals surface area contributed by atoms with E-state index in [0.29, 0.717) is 5.78 Å². The van der Waals surface area contributed by atoms with Gasteiger partial charge in [-0.1, -0.05) is 32.6 Å². The monoisotopic (exact) mass is 201 g/mol. The van der Waals surface area contributed by atoms with Crippen LogP contribution < -0.4 is 0 Å². The van der Waals surface area contributed by atoms with Crippen molar-refractivity contribution in [3.63, 3.8) is 0 Å². The van der Waals surface area contributed by atoms with E-state index in [0.717, 1.165) is 25.0 Å². The molecule has 0 N–H and O–H groups in total. The summed E-state index contributed by atoms with van der Waals surface area (Å²) in [6, 6.07) is 0. The molecule has 0 bridgehead atoms. The molecule has 0 saturated carbocycles. The highest BCUT2D eigenvalue weighted by atomic mass is 32.1. The van der Waals surface area contributed by atoms with Gasteiger partial charge in [0.05, 0.1) is 0 Å². The van der Waals surface area contributed by atoms with Gasteiger partial charge >= 0.3 is 0 Å². The number of unbranched alkanes of at least 4 members (excludes halogenated alkanes) is 4. The van der Waals surface area contributed by atoms with Crippen LogP contribution in [0.4, 0.5) is 0 Å². The number of ketones is 1. The minimum Gasteiger partial charge on any atom is -0.299 e. The summed E-state index contributed by atoms with van der Waals surface area (Å²) in [5.41, 5.74) is 0. The third-order valence-corrected chi connectivity index (χ3v) is 2.29. The van der Waals surface area contributed by atoms with Gasteiger partial charge in [-0.3, -0.25) is 4.79 Å². The largest absolute Gasteiger partial charge is 0.299 e. The molecular formula is C11H21OS. The maximum absolute atomic E-state index is 11.1. The lowest BCUT2D eigenvalue weighted by Gasteiger charge is -1.99. The van der Waals surface area contributed by atoms with E-state index in [-0.39, 0.29) is 0 Å². The van der Waals surface area contributed by atoms with Crippen LogP contribution in [0.25, 0.3) is 0 Å². The minimum atomic E-state index is 0.297. The smallest absolute Gasteiger partial charge is 0.136 e. The summed E-state index contributed by atoms with van der Waals surface area (Å²) in [6.07, 6.45) is 9.42. The van der Waals surface area contributed by atoms with Crippen LogP contribution in [-0.2, 0) is 4.79 Å². The summed E-state index contributed by atoms with van der Waals surface area (Å²) in [4.78, 5) is 11.1. The highest BCUT2D eigenvalue weighted by Crippen LogP contribution is 2.06. The van der Waals surface area contributed by atoms with Gasteiger partial charge in [-0.15, -0.1) is 0 Å². The van der Waals surface area contributed by atoms with Gasteiger partial charge in [-0.2, -0.15) is 12.6 Å². The Labute approximate surface area is 87.7 Å². The van der Waals surface area contributed by atoms with Gasteiger partial charge < -0.3 is 0 Å². The quantitative estimate of drug-likeness (QED) is 0.447. The molecule has 0 rings (SSSR count). The van der Waals surface area contributed by atoms with Crippen LogP contribution in [0.3, 0.4) is 0 Å². The van der Waals surface area contributed by atoms with Crippen LogP contribution in [0.5, 0.6) is 0 Å². The summed E-state index contributed by atoms with van der Waals surface area (Å²) < 4.78 is 0. The fraction of sp³-hybridized carbons (Fsp3) is 0.818. The highest BCUT2D eigenvalue weighted by Gasteiger charge is 2.00.